The molecule has 172 valence electrons. The Morgan fingerprint density at radius 1 is 1.17 bits per heavy atom. The molecule has 0 aliphatic carbocycles. The van der Waals surface area contributed by atoms with Gasteiger partial charge in [-0.25, -0.2) is 0 Å². The van der Waals surface area contributed by atoms with Crippen molar-refractivity contribution in [3.05, 3.63) is 24.3 Å². The van der Waals surface area contributed by atoms with Crippen LogP contribution in [-0.4, -0.2) is 87.9 Å². The highest BCUT2D eigenvalue weighted by molar-refractivity contribution is 14.0. The SMILES string of the molecule is CCNC(=NCC(C)N1CCN(CC)CC1)Nc1cccc(OCCCOC)c1.I. The Balaban J connectivity index is 0.00000450. The van der Waals surface area contributed by atoms with E-state index >= 15 is 0 Å². The fourth-order valence-electron chi connectivity index (χ4n) is 3.36. The van der Waals surface area contributed by atoms with Crippen molar-refractivity contribution in [2.75, 3.05) is 71.5 Å². The van der Waals surface area contributed by atoms with Crippen molar-refractivity contribution in [1.29, 1.82) is 0 Å². The van der Waals surface area contributed by atoms with Gasteiger partial charge in [0, 0.05) is 70.7 Å². The number of halogens is 1. The molecule has 0 spiro atoms. The number of hydrogen-bond donors (Lipinski definition) is 2. The van der Waals surface area contributed by atoms with Crippen LogP contribution in [0.15, 0.2) is 29.3 Å². The van der Waals surface area contributed by atoms with Crippen LogP contribution >= 0.6 is 24.0 Å². The molecular formula is C22H40IN5O2. The maximum atomic E-state index is 5.79. The number of piperazine rings is 1. The van der Waals surface area contributed by atoms with Crippen molar-refractivity contribution >= 4 is 35.6 Å². The number of aliphatic imine (C=N–C) groups is 1. The van der Waals surface area contributed by atoms with Gasteiger partial charge in [0.05, 0.1) is 13.2 Å². The third-order valence-electron chi connectivity index (χ3n) is 5.19. The zero-order valence-corrected chi connectivity index (χ0v) is 21.4. The average molecular weight is 533 g/mol. The largest absolute Gasteiger partial charge is 0.493 e. The molecule has 0 amide bonds. The van der Waals surface area contributed by atoms with Gasteiger partial charge in [0.25, 0.3) is 0 Å². The predicted molar refractivity (Wildman–Crippen MR) is 137 cm³/mol. The summed E-state index contributed by atoms with van der Waals surface area (Å²) < 4.78 is 10.9. The summed E-state index contributed by atoms with van der Waals surface area (Å²) in [5, 5.41) is 6.74. The van der Waals surface area contributed by atoms with Crippen LogP contribution in [0.5, 0.6) is 5.75 Å². The van der Waals surface area contributed by atoms with E-state index < -0.39 is 0 Å². The van der Waals surface area contributed by atoms with Crippen LogP contribution in [0, 0.1) is 0 Å². The molecule has 30 heavy (non-hydrogen) atoms. The van der Waals surface area contributed by atoms with Gasteiger partial charge in [-0.3, -0.25) is 9.89 Å². The van der Waals surface area contributed by atoms with Crippen LogP contribution in [0.1, 0.15) is 27.2 Å². The lowest BCUT2D eigenvalue weighted by Gasteiger charge is -2.37. The number of rotatable bonds is 11. The molecule has 8 heteroatoms. The van der Waals surface area contributed by atoms with Gasteiger partial charge in [0.2, 0.25) is 0 Å². The van der Waals surface area contributed by atoms with Gasteiger partial charge in [-0.1, -0.05) is 13.0 Å². The van der Waals surface area contributed by atoms with Crippen LogP contribution in [0.2, 0.25) is 0 Å². The molecular weight excluding hydrogens is 493 g/mol. The summed E-state index contributed by atoms with van der Waals surface area (Å²) in [5.74, 6) is 1.66. The minimum absolute atomic E-state index is 0. The third-order valence-corrected chi connectivity index (χ3v) is 5.19. The zero-order valence-electron chi connectivity index (χ0n) is 19.0. The highest BCUT2D eigenvalue weighted by Gasteiger charge is 2.19. The van der Waals surface area contributed by atoms with Gasteiger partial charge < -0.3 is 25.0 Å². The van der Waals surface area contributed by atoms with E-state index in [1.807, 2.05) is 24.3 Å². The maximum Gasteiger partial charge on any atom is 0.195 e. The van der Waals surface area contributed by atoms with E-state index in [-0.39, 0.29) is 24.0 Å². The number of methoxy groups -OCH3 is 1. The monoisotopic (exact) mass is 533 g/mol. The first kappa shape index (κ1) is 26.9. The summed E-state index contributed by atoms with van der Waals surface area (Å²) in [7, 11) is 1.71. The maximum absolute atomic E-state index is 5.79. The van der Waals surface area contributed by atoms with E-state index in [0.717, 1.165) is 69.6 Å². The molecule has 1 aliphatic heterocycles. The highest BCUT2D eigenvalue weighted by Crippen LogP contribution is 2.17. The first-order valence-corrected chi connectivity index (χ1v) is 10.9. The van der Waals surface area contributed by atoms with Gasteiger partial charge in [0.1, 0.15) is 5.75 Å². The minimum atomic E-state index is 0. The molecule has 2 rings (SSSR count). The molecule has 1 aromatic rings. The van der Waals surface area contributed by atoms with Crippen molar-refractivity contribution < 1.29 is 9.47 Å². The first-order chi connectivity index (χ1) is 14.2. The second-order valence-corrected chi connectivity index (χ2v) is 7.39. The Morgan fingerprint density at radius 3 is 2.60 bits per heavy atom. The topological polar surface area (TPSA) is 61.4 Å². The smallest absolute Gasteiger partial charge is 0.195 e. The number of nitrogens with zero attached hydrogens (tertiary/aromatic N) is 3. The second kappa shape index (κ2) is 15.7. The molecule has 7 nitrogen and oxygen atoms in total. The second-order valence-electron chi connectivity index (χ2n) is 7.39. The summed E-state index contributed by atoms with van der Waals surface area (Å²) in [4.78, 5) is 9.86. The summed E-state index contributed by atoms with van der Waals surface area (Å²) in [6.45, 7) is 15.2. The quantitative estimate of drug-likeness (QED) is 0.197. The lowest BCUT2D eigenvalue weighted by Crippen LogP contribution is -2.50. The molecule has 1 saturated heterocycles. The van der Waals surface area contributed by atoms with Crippen molar-refractivity contribution in [3.8, 4) is 5.75 Å². The van der Waals surface area contributed by atoms with Crippen molar-refractivity contribution in [1.82, 2.24) is 15.1 Å². The predicted octanol–water partition coefficient (Wildman–Crippen LogP) is 3.12. The van der Waals surface area contributed by atoms with Gasteiger partial charge in [0.15, 0.2) is 5.96 Å². The number of guanidine groups is 1. The summed E-state index contributed by atoms with van der Waals surface area (Å²) >= 11 is 0. The minimum Gasteiger partial charge on any atom is -0.493 e. The lowest BCUT2D eigenvalue weighted by atomic mass is 10.2. The van der Waals surface area contributed by atoms with E-state index in [1.165, 1.54) is 0 Å². The van der Waals surface area contributed by atoms with Gasteiger partial charge in [-0.15, -0.1) is 24.0 Å². The van der Waals surface area contributed by atoms with Crippen molar-refractivity contribution in [2.24, 2.45) is 4.99 Å². The van der Waals surface area contributed by atoms with E-state index in [2.05, 4.69) is 41.2 Å². The molecule has 0 saturated carbocycles. The third kappa shape index (κ3) is 9.80. The number of ether oxygens (including phenoxy) is 2. The average Bonchev–Trinajstić information content (AvgIpc) is 2.75. The van der Waals surface area contributed by atoms with Crippen LogP contribution in [-0.2, 0) is 4.74 Å². The van der Waals surface area contributed by atoms with Crippen molar-refractivity contribution in [3.63, 3.8) is 0 Å². The molecule has 0 radical (unpaired) electrons. The van der Waals surface area contributed by atoms with E-state index in [1.54, 1.807) is 7.11 Å². The number of benzene rings is 1. The first-order valence-electron chi connectivity index (χ1n) is 10.9. The summed E-state index contributed by atoms with van der Waals surface area (Å²) in [6.07, 6.45) is 0.878. The fourth-order valence-corrected chi connectivity index (χ4v) is 3.36. The number of anilines is 1. The molecule has 0 aromatic heterocycles. The van der Waals surface area contributed by atoms with Gasteiger partial charge >= 0.3 is 0 Å². The van der Waals surface area contributed by atoms with E-state index in [9.17, 15) is 0 Å². The molecule has 1 unspecified atom stereocenters. The molecule has 1 heterocycles. The zero-order chi connectivity index (χ0) is 20.9. The molecule has 0 bridgehead atoms. The molecule has 1 atom stereocenters. The summed E-state index contributed by atoms with van der Waals surface area (Å²) in [6, 6.07) is 8.43. The fraction of sp³-hybridized carbons (Fsp3) is 0.682. The Hall–Kier alpha value is -1.10. The molecule has 1 aromatic carbocycles. The van der Waals surface area contributed by atoms with Crippen molar-refractivity contribution in [2.45, 2.75) is 33.2 Å². The normalized spacial score (nSPS) is 16.6. The number of nitrogens with one attached hydrogen (secondary N) is 2. The van der Waals surface area contributed by atoms with Gasteiger partial charge in [-0.05, 0) is 32.5 Å². The van der Waals surface area contributed by atoms with Crippen LogP contribution < -0.4 is 15.4 Å². The number of hydrogen-bond acceptors (Lipinski definition) is 5. The molecule has 1 fully saturated rings. The lowest BCUT2D eigenvalue weighted by molar-refractivity contribution is 0.109. The van der Waals surface area contributed by atoms with E-state index in [0.29, 0.717) is 19.3 Å². The highest BCUT2D eigenvalue weighted by atomic mass is 127. The molecule has 1 aliphatic rings. The standard InChI is InChI=1S/C22H39N5O2.HI/c1-5-23-22(24-18-19(3)27-13-11-26(6-2)12-14-27)25-20-9-7-10-21(17-20)29-16-8-15-28-4;/h7,9-10,17,19H,5-6,8,11-16,18H2,1-4H3,(H2,23,24,25);1H. The Kier molecular flexibility index (Phi) is 14.1. The Bertz CT molecular complexity index is 609. The molecule has 2 N–H and O–H groups in total. The van der Waals surface area contributed by atoms with Gasteiger partial charge in [-0.2, -0.15) is 0 Å². The Labute approximate surface area is 199 Å². The summed E-state index contributed by atoms with van der Waals surface area (Å²) in [5.41, 5.74) is 0.971. The number of likely N-dealkylation sites (N-methyl/N-ethyl adjacent to an activating group) is 1. The Morgan fingerprint density at radius 2 is 1.93 bits per heavy atom. The van der Waals surface area contributed by atoms with E-state index in [4.69, 9.17) is 14.5 Å². The van der Waals surface area contributed by atoms with Crippen LogP contribution in [0.25, 0.3) is 0 Å². The van der Waals surface area contributed by atoms with Crippen LogP contribution in [0.4, 0.5) is 5.69 Å². The van der Waals surface area contributed by atoms with Crippen LogP contribution in [0.3, 0.4) is 0 Å².